The van der Waals surface area contributed by atoms with E-state index >= 15 is 0 Å². The number of hydrogen-bond donors (Lipinski definition) is 0. The van der Waals surface area contributed by atoms with Gasteiger partial charge in [-0.25, -0.2) is 9.59 Å². The molecule has 1 saturated carbocycles. The van der Waals surface area contributed by atoms with Crippen molar-refractivity contribution in [2.24, 2.45) is 23.7 Å². The molecule has 1 unspecified atom stereocenters. The molecule has 8 heteroatoms. The van der Waals surface area contributed by atoms with Crippen LogP contribution in [0.25, 0.3) is 11.1 Å². The molecule has 2 spiro atoms. The molecule has 0 radical (unpaired) electrons. The van der Waals surface area contributed by atoms with E-state index in [0.717, 1.165) is 0 Å². The minimum Gasteiger partial charge on any atom is -0.441 e. The van der Waals surface area contributed by atoms with Crippen LogP contribution in [0.3, 0.4) is 0 Å². The minimum atomic E-state index is -1.65. The summed E-state index contributed by atoms with van der Waals surface area (Å²) in [5.41, 5.74) is -0.868. The van der Waals surface area contributed by atoms with E-state index in [1.807, 2.05) is 118 Å². The SMILES string of the molecule is O=C1O[C@@]2(C(=O)[C@@H]3C=CC2[C@H]2[C@@H]3C=CC(=O)[C@@]23OC(=O)C(I)=C3c2ccccc2)C(c2ccccc2)=C1I. The van der Waals surface area contributed by atoms with Crippen LogP contribution in [0.1, 0.15) is 11.1 Å². The largest absolute Gasteiger partial charge is 0.441 e. The number of carbonyl (C=O) groups is 4. The maximum absolute atomic E-state index is 14.3. The molecule has 8 rings (SSSR count). The summed E-state index contributed by atoms with van der Waals surface area (Å²) in [6.07, 6.45) is 6.94. The van der Waals surface area contributed by atoms with Crippen molar-refractivity contribution in [1.82, 2.24) is 0 Å². The average molecular weight is 728 g/mol. The lowest BCUT2D eigenvalue weighted by Gasteiger charge is -2.57. The van der Waals surface area contributed by atoms with Gasteiger partial charge in [0.05, 0.1) is 0 Å². The lowest BCUT2D eigenvalue weighted by molar-refractivity contribution is -0.182. The number of halogens is 2. The Labute approximate surface area is 245 Å². The van der Waals surface area contributed by atoms with E-state index in [1.54, 1.807) is 6.08 Å². The first-order valence-corrected chi connectivity index (χ1v) is 14.3. The number of esters is 2. The molecule has 0 amide bonds. The highest BCUT2D eigenvalue weighted by atomic mass is 127. The first-order valence-electron chi connectivity index (χ1n) is 12.2. The summed E-state index contributed by atoms with van der Waals surface area (Å²) in [5, 5.41) is 0. The number of benzene rings is 2. The van der Waals surface area contributed by atoms with Gasteiger partial charge in [-0.1, -0.05) is 78.9 Å². The molecule has 1 fully saturated rings. The van der Waals surface area contributed by atoms with Crippen LogP contribution in [-0.4, -0.2) is 34.7 Å². The van der Waals surface area contributed by atoms with Crippen LogP contribution in [0.4, 0.5) is 0 Å². The molecular formula is C30H18I2O6. The van der Waals surface area contributed by atoms with Crippen LogP contribution in [-0.2, 0) is 28.7 Å². The fourth-order valence-corrected chi connectivity index (χ4v) is 8.63. The highest BCUT2D eigenvalue weighted by Crippen LogP contribution is 2.65. The van der Waals surface area contributed by atoms with Crippen molar-refractivity contribution in [2.45, 2.75) is 11.2 Å². The summed E-state index contributed by atoms with van der Waals surface area (Å²) in [5.74, 6) is -4.19. The van der Waals surface area contributed by atoms with Crippen LogP contribution < -0.4 is 0 Å². The Kier molecular flexibility index (Phi) is 5.30. The van der Waals surface area contributed by atoms with E-state index in [4.69, 9.17) is 9.47 Å². The molecule has 6 aliphatic rings. The van der Waals surface area contributed by atoms with Crippen molar-refractivity contribution in [3.63, 3.8) is 0 Å². The van der Waals surface area contributed by atoms with Gasteiger partial charge in [0, 0.05) is 28.9 Å². The van der Waals surface area contributed by atoms with Crippen molar-refractivity contribution in [2.75, 3.05) is 0 Å². The van der Waals surface area contributed by atoms with Crippen LogP contribution in [0.5, 0.6) is 0 Å². The molecule has 6 nitrogen and oxygen atoms in total. The first-order chi connectivity index (χ1) is 18.3. The number of carbonyl (C=O) groups excluding carboxylic acids is 4. The normalized spacial score (nSPS) is 35.0. The molecule has 6 atom stereocenters. The smallest absolute Gasteiger partial charge is 0.346 e. The zero-order chi connectivity index (χ0) is 26.4. The van der Waals surface area contributed by atoms with Crippen molar-refractivity contribution < 1.29 is 28.7 Å². The predicted octanol–water partition coefficient (Wildman–Crippen LogP) is 5.03. The fraction of sp³-hybridized carbons (Fsp3) is 0.200. The molecular weight excluding hydrogens is 710 g/mol. The highest BCUT2D eigenvalue weighted by molar-refractivity contribution is 14.1. The Morgan fingerprint density at radius 2 is 1.18 bits per heavy atom. The summed E-state index contributed by atoms with van der Waals surface area (Å²) in [7, 11) is 0. The van der Waals surface area contributed by atoms with Gasteiger partial charge >= 0.3 is 11.9 Å². The Morgan fingerprint density at radius 3 is 1.76 bits per heavy atom. The van der Waals surface area contributed by atoms with Gasteiger partial charge in [0.1, 0.15) is 7.16 Å². The molecule has 0 aromatic heterocycles. The van der Waals surface area contributed by atoms with E-state index < -0.39 is 46.8 Å². The Hall–Kier alpha value is -2.86. The topological polar surface area (TPSA) is 86.7 Å². The van der Waals surface area contributed by atoms with Gasteiger partial charge in [-0.05, 0) is 68.3 Å². The first kappa shape index (κ1) is 24.2. The summed E-state index contributed by atoms with van der Waals surface area (Å²) in [6.45, 7) is 0. The Balaban J connectivity index is 1.50. The third-order valence-electron chi connectivity index (χ3n) is 8.36. The second-order valence-corrected chi connectivity index (χ2v) is 12.1. The second-order valence-electron chi connectivity index (χ2n) is 9.99. The molecule has 2 aliphatic heterocycles. The van der Waals surface area contributed by atoms with Gasteiger partial charge in [0.2, 0.25) is 17.0 Å². The van der Waals surface area contributed by atoms with Gasteiger partial charge < -0.3 is 9.47 Å². The lowest BCUT2D eigenvalue weighted by Crippen LogP contribution is -2.68. The molecule has 0 saturated heterocycles. The monoisotopic (exact) mass is 728 g/mol. The quantitative estimate of drug-likeness (QED) is 0.245. The van der Waals surface area contributed by atoms with Gasteiger partial charge in [0.25, 0.3) is 0 Å². The zero-order valence-corrected chi connectivity index (χ0v) is 23.9. The van der Waals surface area contributed by atoms with E-state index in [0.29, 0.717) is 29.4 Å². The third kappa shape index (κ3) is 2.87. The summed E-state index contributed by atoms with van der Waals surface area (Å²) < 4.78 is 12.9. The minimum absolute atomic E-state index is 0.219. The molecule has 2 bridgehead atoms. The van der Waals surface area contributed by atoms with E-state index in [-0.39, 0.29) is 11.6 Å². The molecule has 0 N–H and O–H groups in total. The summed E-state index contributed by atoms with van der Waals surface area (Å²) in [6, 6.07) is 18.5. The van der Waals surface area contributed by atoms with E-state index in [1.165, 1.54) is 6.08 Å². The van der Waals surface area contributed by atoms with Crippen LogP contribution >= 0.6 is 45.2 Å². The van der Waals surface area contributed by atoms with E-state index in [2.05, 4.69) is 0 Å². The zero-order valence-electron chi connectivity index (χ0n) is 19.6. The molecule has 188 valence electrons. The highest BCUT2D eigenvalue weighted by Gasteiger charge is 2.74. The summed E-state index contributed by atoms with van der Waals surface area (Å²) in [4.78, 5) is 54.6. The number of hydrogen-bond acceptors (Lipinski definition) is 6. The molecule has 2 heterocycles. The van der Waals surface area contributed by atoms with Crippen molar-refractivity contribution >= 4 is 79.8 Å². The molecule has 4 aliphatic carbocycles. The van der Waals surface area contributed by atoms with Crippen LogP contribution in [0.15, 0.2) is 92.1 Å². The van der Waals surface area contributed by atoms with Crippen LogP contribution in [0.2, 0.25) is 0 Å². The number of allylic oxidation sites excluding steroid dienone is 2. The van der Waals surface area contributed by atoms with E-state index in [9.17, 15) is 19.2 Å². The second kappa shape index (κ2) is 8.32. The number of ketones is 2. The maximum Gasteiger partial charge on any atom is 0.346 e. The van der Waals surface area contributed by atoms with Gasteiger partial charge in [0.15, 0.2) is 5.78 Å². The fourth-order valence-electron chi connectivity index (χ4n) is 6.99. The standard InChI is InChI=1S/C30H18I2O6/c31-24-21(15-7-3-1-4-8-15)29(37-27(24)35)19-13-11-18(26(29)34)17-12-14-20(33)30(23(17)19)22(25(32)28(36)38-30)16-9-5-2-6-10-16/h1-14,17-19,23H/t17-,18-,19?,23-,29-,30+/m1/s1. The van der Waals surface area contributed by atoms with Gasteiger partial charge in [-0.3, -0.25) is 9.59 Å². The third-order valence-corrected chi connectivity index (χ3v) is 10.3. The lowest BCUT2D eigenvalue weighted by atomic mass is 9.47. The number of rotatable bonds is 2. The molecule has 2 aromatic carbocycles. The summed E-state index contributed by atoms with van der Waals surface area (Å²) >= 11 is 3.90. The van der Waals surface area contributed by atoms with Gasteiger partial charge in [-0.2, -0.15) is 0 Å². The number of Topliss-reactive ketones (excluding diaryl/α,β-unsaturated/α-hetero) is 1. The molecule has 38 heavy (non-hydrogen) atoms. The van der Waals surface area contributed by atoms with Crippen molar-refractivity contribution in [3.05, 3.63) is 103 Å². The van der Waals surface area contributed by atoms with Crippen molar-refractivity contribution in [3.8, 4) is 0 Å². The van der Waals surface area contributed by atoms with Gasteiger partial charge in [-0.15, -0.1) is 0 Å². The Morgan fingerprint density at radius 1 is 0.658 bits per heavy atom. The van der Waals surface area contributed by atoms with Crippen molar-refractivity contribution in [1.29, 1.82) is 0 Å². The van der Waals surface area contributed by atoms with Crippen LogP contribution in [0, 0.1) is 23.7 Å². The Bertz CT molecular complexity index is 1590. The average Bonchev–Trinajstić information content (AvgIpc) is 3.35. The maximum atomic E-state index is 14.3. The number of ether oxygens (including phenoxy) is 2. The predicted molar refractivity (Wildman–Crippen MR) is 155 cm³/mol. The molecule has 2 aromatic rings.